The molecular formula is C16H27ClN2. The SMILES string of the molecule is CC(C)CN(C(C)C)C(c1ccccc1Cl)C(C)N. The molecule has 19 heavy (non-hydrogen) atoms. The Morgan fingerprint density at radius 3 is 2.11 bits per heavy atom. The first-order valence-electron chi connectivity index (χ1n) is 7.10. The van der Waals surface area contributed by atoms with Crippen molar-refractivity contribution in [3.05, 3.63) is 34.9 Å². The fourth-order valence-corrected chi connectivity index (χ4v) is 2.79. The second-order valence-corrected chi connectivity index (χ2v) is 6.42. The van der Waals surface area contributed by atoms with Crippen LogP contribution in [0.2, 0.25) is 5.02 Å². The molecule has 0 saturated carbocycles. The lowest BCUT2D eigenvalue weighted by atomic mass is 9.96. The molecule has 2 unspecified atom stereocenters. The summed E-state index contributed by atoms with van der Waals surface area (Å²) in [5.74, 6) is 0.603. The number of nitrogens with zero attached hydrogens (tertiary/aromatic N) is 1. The molecule has 1 aromatic rings. The van der Waals surface area contributed by atoms with Gasteiger partial charge in [-0.2, -0.15) is 0 Å². The van der Waals surface area contributed by atoms with Crippen molar-refractivity contribution in [2.45, 2.75) is 52.7 Å². The molecule has 2 nitrogen and oxygen atoms in total. The number of hydrogen-bond acceptors (Lipinski definition) is 2. The lowest BCUT2D eigenvalue weighted by Gasteiger charge is -2.39. The molecule has 0 aliphatic carbocycles. The molecule has 0 fully saturated rings. The predicted molar refractivity (Wildman–Crippen MR) is 84.5 cm³/mol. The van der Waals surface area contributed by atoms with E-state index in [0.29, 0.717) is 12.0 Å². The molecule has 0 aliphatic rings. The number of rotatable bonds is 6. The van der Waals surface area contributed by atoms with Crippen LogP contribution in [0.4, 0.5) is 0 Å². The zero-order valence-electron chi connectivity index (χ0n) is 12.7. The summed E-state index contributed by atoms with van der Waals surface area (Å²) in [6.45, 7) is 12.0. The summed E-state index contributed by atoms with van der Waals surface area (Å²) in [5, 5.41) is 0.805. The van der Waals surface area contributed by atoms with Gasteiger partial charge in [0, 0.05) is 23.7 Å². The van der Waals surface area contributed by atoms with Gasteiger partial charge in [-0.25, -0.2) is 0 Å². The maximum Gasteiger partial charge on any atom is 0.0514 e. The van der Waals surface area contributed by atoms with E-state index in [1.54, 1.807) is 0 Å². The van der Waals surface area contributed by atoms with Crippen LogP contribution in [-0.4, -0.2) is 23.5 Å². The van der Waals surface area contributed by atoms with Crippen LogP contribution in [0.1, 0.15) is 46.2 Å². The molecule has 0 spiro atoms. The number of benzene rings is 1. The normalized spacial score (nSPS) is 15.3. The number of nitrogens with two attached hydrogens (primary N) is 1. The van der Waals surface area contributed by atoms with Crippen LogP contribution in [0.5, 0.6) is 0 Å². The molecule has 2 atom stereocenters. The molecule has 108 valence electrons. The van der Waals surface area contributed by atoms with Gasteiger partial charge in [-0.05, 0) is 38.3 Å². The van der Waals surface area contributed by atoms with Crippen LogP contribution in [0.3, 0.4) is 0 Å². The molecule has 0 radical (unpaired) electrons. The van der Waals surface area contributed by atoms with E-state index < -0.39 is 0 Å². The largest absolute Gasteiger partial charge is 0.326 e. The standard InChI is InChI=1S/C16H27ClN2/c1-11(2)10-19(12(3)4)16(13(5)18)14-8-6-7-9-15(14)17/h6-9,11-13,16H,10,18H2,1-5H3. The third kappa shape index (κ3) is 4.48. The van der Waals surface area contributed by atoms with Crippen molar-refractivity contribution < 1.29 is 0 Å². The number of hydrogen-bond donors (Lipinski definition) is 1. The summed E-state index contributed by atoms with van der Waals surface area (Å²) >= 11 is 6.37. The summed E-state index contributed by atoms with van der Waals surface area (Å²) in [6.07, 6.45) is 0. The fourth-order valence-electron chi connectivity index (χ4n) is 2.55. The van der Waals surface area contributed by atoms with E-state index >= 15 is 0 Å². The van der Waals surface area contributed by atoms with Crippen molar-refractivity contribution in [3.8, 4) is 0 Å². The van der Waals surface area contributed by atoms with Crippen LogP contribution in [0.15, 0.2) is 24.3 Å². The van der Waals surface area contributed by atoms with E-state index in [1.807, 2.05) is 18.2 Å². The molecule has 0 bridgehead atoms. The highest BCUT2D eigenvalue weighted by molar-refractivity contribution is 6.31. The van der Waals surface area contributed by atoms with E-state index in [0.717, 1.165) is 17.1 Å². The molecule has 1 aromatic carbocycles. The Labute approximate surface area is 122 Å². The molecule has 0 amide bonds. The third-order valence-electron chi connectivity index (χ3n) is 3.32. The maximum atomic E-state index is 6.37. The minimum Gasteiger partial charge on any atom is -0.326 e. The second-order valence-electron chi connectivity index (χ2n) is 6.01. The molecule has 0 heterocycles. The highest BCUT2D eigenvalue weighted by Crippen LogP contribution is 2.31. The van der Waals surface area contributed by atoms with Gasteiger partial charge in [0.1, 0.15) is 0 Å². The first-order chi connectivity index (χ1) is 8.84. The van der Waals surface area contributed by atoms with Crippen LogP contribution >= 0.6 is 11.6 Å². The van der Waals surface area contributed by atoms with Crippen molar-refractivity contribution in [1.82, 2.24) is 4.90 Å². The van der Waals surface area contributed by atoms with Gasteiger partial charge in [0.15, 0.2) is 0 Å². The van der Waals surface area contributed by atoms with Crippen molar-refractivity contribution in [2.75, 3.05) is 6.54 Å². The van der Waals surface area contributed by atoms with Crippen LogP contribution in [0.25, 0.3) is 0 Å². The highest BCUT2D eigenvalue weighted by Gasteiger charge is 2.28. The molecule has 0 aliphatic heterocycles. The van der Waals surface area contributed by atoms with Crippen molar-refractivity contribution in [3.63, 3.8) is 0 Å². The van der Waals surface area contributed by atoms with E-state index in [1.165, 1.54) is 0 Å². The molecule has 0 aromatic heterocycles. The van der Waals surface area contributed by atoms with Crippen molar-refractivity contribution >= 4 is 11.6 Å². The topological polar surface area (TPSA) is 29.3 Å². The van der Waals surface area contributed by atoms with Crippen LogP contribution < -0.4 is 5.73 Å². The summed E-state index contributed by atoms with van der Waals surface area (Å²) in [7, 11) is 0. The summed E-state index contributed by atoms with van der Waals surface area (Å²) in [4.78, 5) is 2.45. The molecule has 3 heteroatoms. The molecular weight excluding hydrogens is 256 g/mol. The van der Waals surface area contributed by atoms with Gasteiger partial charge in [0.25, 0.3) is 0 Å². The third-order valence-corrected chi connectivity index (χ3v) is 3.66. The Morgan fingerprint density at radius 2 is 1.68 bits per heavy atom. The molecule has 1 rings (SSSR count). The van der Waals surface area contributed by atoms with Gasteiger partial charge in [-0.3, -0.25) is 4.90 Å². The lowest BCUT2D eigenvalue weighted by Crippen LogP contribution is -2.45. The Bertz CT molecular complexity index is 388. The Kier molecular flexibility index (Phi) is 6.31. The van der Waals surface area contributed by atoms with Crippen molar-refractivity contribution in [2.24, 2.45) is 11.7 Å². The zero-order valence-corrected chi connectivity index (χ0v) is 13.5. The van der Waals surface area contributed by atoms with Gasteiger partial charge in [-0.1, -0.05) is 43.6 Å². The van der Waals surface area contributed by atoms with Gasteiger partial charge in [0.2, 0.25) is 0 Å². The summed E-state index contributed by atoms with van der Waals surface area (Å²) in [5.41, 5.74) is 7.38. The first kappa shape index (κ1) is 16.5. The smallest absolute Gasteiger partial charge is 0.0514 e. The number of halogens is 1. The van der Waals surface area contributed by atoms with E-state index in [4.69, 9.17) is 17.3 Å². The van der Waals surface area contributed by atoms with Gasteiger partial charge >= 0.3 is 0 Å². The van der Waals surface area contributed by atoms with Crippen LogP contribution in [0, 0.1) is 5.92 Å². The molecule has 0 saturated heterocycles. The predicted octanol–water partition coefficient (Wildman–Crippen LogP) is 4.09. The average molecular weight is 283 g/mol. The van der Waals surface area contributed by atoms with Gasteiger partial charge < -0.3 is 5.73 Å². The van der Waals surface area contributed by atoms with Gasteiger partial charge in [0.05, 0.1) is 6.04 Å². The minimum absolute atomic E-state index is 0.0426. The second kappa shape index (κ2) is 7.28. The maximum absolute atomic E-state index is 6.37. The highest BCUT2D eigenvalue weighted by atomic mass is 35.5. The Hall–Kier alpha value is -0.570. The monoisotopic (exact) mass is 282 g/mol. The fraction of sp³-hybridized carbons (Fsp3) is 0.625. The summed E-state index contributed by atoms with van der Waals surface area (Å²) in [6, 6.07) is 8.68. The van der Waals surface area contributed by atoms with E-state index in [-0.39, 0.29) is 12.1 Å². The minimum atomic E-state index is 0.0426. The summed E-state index contributed by atoms with van der Waals surface area (Å²) < 4.78 is 0. The Morgan fingerprint density at radius 1 is 1.11 bits per heavy atom. The molecule has 2 N–H and O–H groups in total. The van der Waals surface area contributed by atoms with Crippen LogP contribution in [-0.2, 0) is 0 Å². The van der Waals surface area contributed by atoms with E-state index in [9.17, 15) is 0 Å². The first-order valence-corrected chi connectivity index (χ1v) is 7.48. The average Bonchev–Trinajstić information content (AvgIpc) is 2.29. The lowest BCUT2D eigenvalue weighted by molar-refractivity contribution is 0.119. The Balaban J connectivity index is 3.14. The van der Waals surface area contributed by atoms with E-state index in [2.05, 4.69) is 45.6 Å². The zero-order chi connectivity index (χ0) is 14.6. The van der Waals surface area contributed by atoms with Gasteiger partial charge in [-0.15, -0.1) is 0 Å². The van der Waals surface area contributed by atoms with Crippen molar-refractivity contribution in [1.29, 1.82) is 0 Å². The quantitative estimate of drug-likeness (QED) is 0.851.